The number of likely N-dealkylation sites (tertiary alicyclic amines) is 1. The molecule has 0 unspecified atom stereocenters. The third-order valence-corrected chi connectivity index (χ3v) is 5.51. The van der Waals surface area contributed by atoms with Crippen molar-refractivity contribution >= 4 is 17.5 Å². The second kappa shape index (κ2) is 8.37. The number of rotatable bonds is 5. The predicted octanol–water partition coefficient (Wildman–Crippen LogP) is 3.74. The fraction of sp³-hybridized carbons (Fsp3) is 0.381. The third kappa shape index (κ3) is 4.39. The number of hydrogen-bond donors (Lipinski definition) is 1. The van der Waals surface area contributed by atoms with E-state index in [0.717, 1.165) is 43.0 Å². The maximum atomic E-state index is 14.0. The van der Waals surface area contributed by atoms with Crippen LogP contribution in [0.2, 0.25) is 5.02 Å². The first kappa shape index (κ1) is 19.0. The van der Waals surface area contributed by atoms with E-state index in [4.69, 9.17) is 21.1 Å². The number of piperidine rings is 1. The van der Waals surface area contributed by atoms with Crippen molar-refractivity contribution in [2.75, 3.05) is 19.9 Å². The minimum atomic E-state index is -0.281. The molecule has 2 aliphatic heterocycles. The molecule has 0 radical (unpaired) electrons. The van der Waals surface area contributed by atoms with Gasteiger partial charge in [0.15, 0.2) is 11.5 Å². The lowest BCUT2D eigenvalue weighted by molar-refractivity contribution is -0.126. The van der Waals surface area contributed by atoms with Gasteiger partial charge in [-0.15, -0.1) is 0 Å². The average molecular weight is 405 g/mol. The van der Waals surface area contributed by atoms with Crippen molar-refractivity contribution in [1.82, 2.24) is 10.2 Å². The quantitative estimate of drug-likeness (QED) is 0.824. The average Bonchev–Trinajstić information content (AvgIpc) is 3.17. The zero-order valence-electron chi connectivity index (χ0n) is 15.4. The van der Waals surface area contributed by atoms with Crippen molar-refractivity contribution in [1.29, 1.82) is 0 Å². The van der Waals surface area contributed by atoms with Gasteiger partial charge >= 0.3 is 0 Å². The maximum Gasteiger partial charge on any atom is 0.231 e. The van der Waals surface area contributed by atoms with Crippen molar-refractivity contribution in [3.63, 3.8) is 0 Å². The van der Waals surface area contributed by atoms with Crippen LogP contribution in [0.4, 0.5) is 4.39 Å². The van der Waals surface area contributed by atoms with Crippen LogP contribution in [0.5, 0.6) is 11.5 Å². The molecular formula is C21H22ClFN2O3. The number of carbonyl (C=O) groups is 1. The maximum absolute atomic E-state index is 14.0. The van der Waals surface area contributed by atoms with Crippen LogP contribution in [-0.4, -0.2) is 30.7 Å². The van der Waals surface area contributed by atoms with Gasteiger partial charge in [0.05, 0.1) is 0 Å². The first-order valence-corrected chi connectivity index (χ1v) is 9.79. The Kier molecular flexibility index (Phi) is 5.69. The molecule has 1 amide bonds. The lowest BCUT2D eigenvalue weighted by Crippen LogP contribution is -2.40. The molecule has 7 heteroatoms. The van der Waals surface area contributed by atoms with E-state index < -0.39 is 0 Å². The molecule has 5 nitrogen and oxygen atoms in total. The highest BCUT2D eigenvalue weighted by molar-refractivity contribution is 6.30. The molecule has 0 spiro atoms. The number of ether oxygens (including phenoxy) is 2. The molecule has 2 aromatic carbocycles. The Bertz CT molecular complexity index is 869. The summed E-state index contributed by atoms with van der Waals surface area (Å²) in [5.74, 6) is 1.22. The standard InChI is InChI=1S/C21H22ClFN2O3/c22-17-3-2-16(18(23)10-17)12-25-7-5-15(6-8-25)21(26)24-11-14-1-4-19-20(9-14)28-13-27-19/h1-4,9-10,15H,5-8,11-13H2,(H,24,26). The van der Waals surface area contributed by atoms with Gasteiger partial charge in [-0.05, 0) is 55.8 Å². The lowest BCUT2D eigenvalue weighted by atomic mass is 9.95. The molecule has 4 rings (SSSR count). The molecule has 0 bridgehead atoms. The van der Waals surface area contributed by atoms with Gasteiger partial charge in [0, 0.05) is 29.6 Å². The second-order valence-corrected chi connectivity index (χ2v) is 7.63. The number of fused-ring (bicyclic) bond motifs is 1. The van der Waals surface area contributed by atoms with Gasteiger partial charge in [-0.3, -0.25) is 9.69 Å². The van der Waals surface area contributed by atoms with E-state index in [-0.39, 0.29) is 24.4 Å². The molecule has 0 aromatic heterocycles. The summed E-state index contributed by atoms with van der Waals surface area (Å²) in [6, 6.07) is 10.5. The first-order valence-electron chi connectivity index (χ1n) is 9.41. The molecule has 2 heterocycles. The summed E-state index contributed by atoms with van der Waals surface area (Å²) in [5.41, 5.74) is 1.61. The van der Waals surface area contributed by atoms with E-state index in [1.54, 1.807) is 12.1 Å². The molecule has 0 aliphatic carbocycles. The lowest BCUT2D eigenvalue weighted by Gasteiger charge is -2.31. The Morgan fingerprint density at radius 2 is 1.93 bits per heavy atom. The number of hydrogen-bond acceptors (Lipinski definition) is 4. The summed E-state index contributed by atoms with van der Waals surface area (Å²) in [4.78, 5) is 14.7. The fourth-order valence-corrected chi connectivity index (χ4v) is 3.79. The van der Waals surface area contributed by atoms with Crippen LogP contribution in [0.1, 0.15) is 24.0 Å². The topological polar surface area (TPSA) is 50.8 Å². The van der Waals surface area contributed by atoms with Crippen molar-refractivity contribution in [3.8, 4) is 11.5 Å². The smallest absolute Gasteiger partial charge is 0.231 e. The zero-order valence-corrected chi connectivity index (χ0v) is 16.2. The molecule has 1 fully saturated rings. The molecule has 0 saturated carbocycles. The summed E-state index contributed by atoms with van der Waals surface area (Å²) in [6.45, 7) is 2.78. The van der Waals surface area contributed by atoms with Crippen LogP contribution in [0.25, 0.3) is 0 Å². The summed E-state index contributed by atoms with van der Waals surface area (Å²) < 4.78 is 24.6. The molecule has 28 heavy (non-hydrogen) atoms. The van der Waals surface area contributed by atoms with Crippen molar-refractivity contribution in [2.24, 2.45) is 5.92 Å². The number of halogens is 2. The van der Waals surface area contributed by atoms with Crippen LogP contribution >= 0.6 is 11.6 Å². The summed E-state index contributed by atoms with van der Waals surface area (Å²) >= 11 is 5.80. The number of nitrogens with one attached hydrogen (secondary N) is 1. The van der Waals surface area contributed by atoms with Gasteiger partial charge < -0.3 is 14.8 Å². The van der Waals surface area contributed by atoms with Crippen molar-refractivity contribution < 1.29 is 18.7 Å². The van der Waals surface area contributed by atoms with Crippen LogP contribution in [0, 0.1) is 11.7 Å². The Labute approximate surface area is 168 Å². The van der Waals surface area contributed by atoms with E-state index >= 15 is 0 Å². The molecule has 2 aliphatic rings. The van der Waals surface area contributed by atoms with Crippen molar-refractivity contribution in [3.05, 3.63) is 58.4 Å². The molecule has 148 valence electrons. The normalized spacial score (nSPS) is 16.9. The number of nitrogens with zero attached hydrogens (tertiary/aromatic N) is 1. The van der Waals surface area contributed by atoms with Gasteiger partial charge in [-0.25, -0.2) is 4.39 Å². The second-order valence-electron chi connectivity index (χ2n) is 7.19. The predicted molar refractivity (Wildman–Crippen MR) is 104 cm³/mol. The number of carbonyl (C=O) groups excluding carboxylic acids is 1. The van der Waals surface area contributed by atoms with E-state index in [9.17, 15) is 9.18 Å². The Morgan fingerprint density at radius 3 is 2.71 bits per heavy atom. The van der Waals surface area contributed by atoms with E-state index in [1.165, 1.54) is 6.07 Å². The van der Waals surface area contributed by atoms with Crippen LogP contribution in [-0.2, 0) is 17.9 Å². The Hall–Kier alpha value is -2.31. The SMILES string of the molecule is O=C(NCc1ccc2c(c1)OCO2)C1CCN(Cc2ccc(Cl)cc2F)CC1. The van der Waals surface area contributed by atoms with Crippen LogP contribution in [0.3, 0.4) is 0 Å². The molecule has 1 N–H and O–H groups in total. The first-order chi connectivity index (χ1) is 13.6. The van der Waals surface area contributed by atoms with Crippen molar-refractivity contribution in [2.45, 2.75) is 25.9 Å². The Morgan fingerprint density at radius 1 is 1.14 bits per heavy atom. The highest BCUT2D eigenvalue weighted by atomic mass is 35.5. The highest BCUT2D eigenvalue weighted by Gasteiger charge is 2.25. The highest BCUT2D eigenvalue weighted by Crippen LogP contribution is 2.32. The Balaban J connectivity index is 1.24. The van der Waals surface area contributed by atoms with E-state index in [2.05, 4.69) is 10.2 Å². The monoisotopic (exact) mass is 404 g/mol. The van der Waals surface area contributed by atoms with Gasteiger partial charge in [0.1, 0.15) is 5.82 Å². The molecule has 1 saturated heterocycles. The minimum Gasteiger partial charge on any atom is -0.454 e. The van der Waals surface area contributed by atoms with Gasteiger partial charge in [0.25, 0.3) is 0 Å². The molecule has 2 aromatic rings. The number of amides is 1. The third-order valence-electron chi connectivity index (χ3n) is 5.27. The van der Waals surface area contributed by atoms with Gasteiger partial charge in [-0.1, -0.05) is 23.7 Å². The van der Waals surface area contributed by atoms with Crippen LogP contribution in [0.15, 0.2) is 36.4 Å². The fourth-order valence-electron chi connectivity index (χ4n) is 3.63. The largest absolute Gasteiger partial charge is 0.454 e. The molecule has 0 atom stereocenters. The minimum absolute atomic E-state index is 0.0136. The molecular weight excluding hydrogens is 383 g/mol. The van der Waals surface area contributed by atoms with Crippen LogP contribution < -0.4 is 14.8 Å². The van der Waals surface area contributed by atoms with Gasteiger partial charge in [0.2, 0.25) is 12.7 Å². The van der Waals surface area contributed by atoms with E-state index in [1.807, 2.05) is 18.2 Å². The summed E-state index contributed by atoms with van der Waals surface area (Å²) in [5, 5.41) is 3.41. The zero-order chi connectivity index (χ0) is 19.5. The summed E-state index contributed by atoms with van der Waals surface area (Å²) in [6.07, 6.45) is 1.53. The summed E-state index contributed by atoms with van der Waals surface area (Å²) in [7, 11) is 0. The van der Waals surface area contributed by atoms with Gasteiger partial charge in [-0.2, -0.15) is 0 Å². The van der Waals surface area contributed by atoms with E-state index in [0.29, 0.717) is 23.7 Å². The number of benzene rings is 2.